The van der Waals surface area contributed by atoms with E-state index in [1.54, 1.807) is 0 Å². The zero-order chi connectivity index (χ0) is 12.6. The van der Waals surface area contributed by atoms with Gasteiger partial charge in [0.2, 0.25) is 0 Å². The maximum absolute atomic E-state index is 10.5. The molecule has 16 heavy (non-hydrogen) atoms. The second kappa shape index (κ2) is 4.34. The van der Waals surface area contributed by atoms with Gasteiger partial charge in [-0.05, 0) is 25.7 Å². The fourth-order valence-corrected chi connectivity index (χ4v) is 2.98. The lowest BCUT2D eigenvalue weighted by Crippen LogP contribution is -2.39. The molecule has 1 saturated carbocycles. The van der Waals surface area contributed by atoms with Crippen molar-refractivity contribution in [3.05, 3.63) is 24.3 Å². The van der Waals surface area contributed by atoms with Crippen molar-refractivity contribution in [2.75, 3.05) is 6.61 Å². The van der Waals surface area contributed by atoms with E-state index in [1.807, 2.05) is 26.0 Å². The van der Waals surface area contributed by atoms with E-state index >= 15 is 0 Å². The summed E-state index contributed by atoms with van der Waals surface area (Å²) in [6.45, 7) is 11.9. The predicted octanol–water partition coefficient (Wildman–Crippen LogP) is 2.52. The molecule has 1 fully saturated rings. The van der Waals surface area contributed by atoms with Crippen LogP contribution >= 0.6 is 0 Å². The van der Waals surface area contributed by atoms with Crippen molar-refractivity contribution < 1.29 is 10.2 Å². The molecule has 0 radical (unpaired) electrons. The van der Waals surface area contributed by atoms with Gasteiger partial charge in [0, 0.05) is 18.4 Å². The van der Waals surface area contributed by atoms with E-state index in [1.165, 1.54) is 0 Å². The molecule has 92 valence electrons. The van der Waals surface area contributed by atoms with Gasteiger partial charge in [-0.15, -0.1) is 0 Å². The summed E-state index contributed by atoms with van der Waals surface area (Å²) in [7, 11) is 0. The standard InChI is InChI=1S/C14H24O2/c1-10(2)6-7-12-13(3,4)8-11(9-15)14(12,5)16/h6-7,11-12,15-16H,1,8-9H2,2-5H3/b7-6+. The molecule has 0 aromatic heterocycles. The molecule has 2 nitrogen and oxygen atoms in total. The Hall–Kier alpha value is -0.600. The van der Waals surface area contributed by atoms with Gasteiger partial charge in [0.05, 0.1) is 5.60 Å². The molecule has 0 heterocycles. The SMILES string of the molecule is C=C(C)/C=C/C1C(C)(C)CC(CO)C1(C)O. The quantitative estimate of drug-likeness (QED) is 0.723. The van der Waals surface area contributed by atoms with Gasteiger partial charge in [-0.25, -0.2) is 0 Å². The van der Waals surface area contributed by atoms with Gasteiger partial charge in [0.25, 0.3) is 0 Å². The second-order valence-corrected chi connectivity index (χ2v) is 5.98. The minimum atomic E-state index is -0.829. The summed E-state index contributed by atoms with van der Waals surface area (Å²) in [4.78, 5) is 0. The first-order chi connectivity index (χ1) is 7.21. The van der Waals surface area contributed by atoms with Gasteiger partial charge in [0.15, 0.2) is 0 Å². The lowest BCUT2D eigenvalue weighted by atomic mass is 9.76. The van der Waals surface area contributed by atoms with Gasteiger partial charge in [-0.2, -0.15) is 0 Å². The van der Waals surface area contributed by atoms with E-state index in [9.17, 15) is 10.2 Å². The van der Waals surface area contributed by atoms with Crippen molar-refractivity contribution >= 4 is 0 Å². The highest BCUT2D eigenvalue weighted by molar-refractivity contribution is 5.18. The normalized spacial score (nSPS) is 38.1. The van der Waals surface area contributed by atoms with Crippen LogP contribution in [0.5, 0.6) is 0 Å². The Morgan fingerprint density at radius 3 is 2.38 bits per heavy atom. The maximum Gasteiger partial charge on any atom is 0.0737 e. The van der Waals surface area contributed by atoms with Crippen LogP contribution in [-0.4, -0.2) is 22.4 Å². The maximum atomic E-state index is 10.5. The average Bonchev–Trinajstić information content (AvgIpc) is 2.29. The first-order valence-corrected chi connectivity index (χ1v) is 5.88. The largest absolute Gasteiger partial charge is 0.396 e. The topological polar surface area (TPSA) is 40.5 Å². The van der Waals surface area contributed by atoms with Crippen LogP contribution in [0.15, 0.2) is 24.3 Å². The van der Waals surface area contributed by atoms with Crippen molar-refractivity contribution in [2.24, 2.45) is 17.3 Å². The minimum absolute atomic E-state index is 0.0167. The molecule has 0 amide bonds. The first-order valence-electron chi connectivity index (χ1n) is 5.88. The second-order valence-electron chi connectivity index (χ2n) is 5.98. The zero-order valence-electron chi connectivity index (χ0n) is 10.8. The average molecular weight is 224 g/mol. The lowest BCUT2D eigenvalue weighted by Gasteiger charge is -2.33. The molecule has 3 unspecified atom stereocenters. The van der Waals surface area contributed by atoms with Gasteiger partial charge < -0.3 is 10.2 Å². The highest BCUT2D eigenvalue weighted by Crippen LogP contribution is 2.52. The van der Waals surface area contributed by atoms with E-state index < -0.39 is 5.60 Å². The van der Waals surface area contributed by atoms with E-state index in [-0.39, 0.29) is 23.9 Å². The summed E-state index contributed by atoms with van der Waals surface area (Å²) in [5.74, 6) is 0.0242. The number of allylic oxidation sites excluding steroid dienone is 2. The molecule has 1 aliphatic rings. The summed E-state index contributed by atoms with van der Waals surface area (Å²) >= 11 is 0. The molecule has 1 aliphatic carbocycles. The van der Waals surface area contributed by atoms with E-state index in [0.717, 1.165) is 12.0 Å². The predicted molar refractivity (Wildman–Crippen MR) is 67.0 cm³/mol. The lowest BCUT2D eigenvalue weighted by molar-refractivity contribution is -0.0304. The number of rotatable bonds is 3. The zero-order valence-corrected chi connectivity index (χ0v) is 10.8. The van der Waals surface area contributed by atoms with Crippen molar-refractivity contribution in [1.29, 1.82) is 0 Å². The van der Waals surface area contributed by atoms with E-state index in [0.29, 0.717) is 0 Å². The number of hydrogen-bond acceptors (Lipinski definition) is 2. The van der Waals surface area contributed by atoms with Crippen LogP contribution in [0.2, 0.25) is 0 Å². The van der Waals surface area contributed by atoms with E-state index in [2.05, 4.69) is 20.4 Å². The van der Waals surface area contributed by atoms with Gasteiger partial charge in [-0.3, -0.25) is 0 Å². The smallest absolute Gasteiger partial charge is 0.0737 e. The van der Waals surface area contributed by atoms with Crippen LogP contribution in [0.3, 0.4) is 0 Å². The third-order valence-corrected chi connectivity index (χ3v) is 3.86. The Balaban J connectivity index is 3.00. The molecular formula is C14H24O2. The summed E-state index contributed by atoms with van der Waals surface area (Å²) in [6.07, 6.45) is 4.85. The van der Waals surface area contributed by atoms with E-state index in [4.69, 9.17) is 0 Å². The highest BCUT2D eigenvalue weighted by Gasteiger charge is 2.53. The van der Waals surface area contributed by atoms with Crippen molar-refractivity contribution in [2.45, 2.75) is 39.7 Å². The molecule has 3 atom stereocenters. The third kappa shape index (κ3) is 2.38. The first kappa shape index (κ1) is 13.5. The van der Waals surface area contributed by atoms with Crippen LogP contribution in [0.25, 0.3) is 0 Å². The summed E-state index contributed by atoms with van der Waals surface area (Å²) in [6, 6.07) is 0. The molecule has 0 aromatic carbocycles. The van der Waals surface area contributed by atoms with Crippen LogP contribution in [0.1, 0.15) is 34.1 Å². The van der Waals surface area contributed by atoms with Crippen LogP contribution < -0.4 is 0 Å². The molecule has 0 saturated heterocycles. The van der Waals surface area contributed by atoms with Crippen molar-refractivity contribution in [3.63, 3.8) is 0 Å². The van der Waals surface area contributed by atoms with Gasteiger partial charge >= 0.3 is 0 Å². The molecule has 0 aliphatic heterocycles. The molecule has 2 heteroatoms. The number of aliphatic hydroxyl groups excluding tert-OH is 1. The van der Waals surface area contributed by atoms with Gasteiger partial charge in [-0.1, -0.05) is 38.2 Å². The fourth-order valence-electron chi connectivity index (χ4n) is 2.98. The molecule has 0 aromatic rings. The Kier molecular flexibility index (Phi) is 3.65. The molecule has 0 spiro atoms. The number of hydrogen-bond donors (Lipinski definition) is 2. The van der Waals surface area contributed by atoms with Crippen LogP contribution in [0.4, 0.5) is 0 Å². The minimum Gasteiger partial charge on any atom is -0.396 e. The monoisotopic (exact) mass is 224 g/mol. The summed E-state index contributed by atoms with van der Waals surface area (Å²) in [5, 5.41) is 19.8. The molecule has 1 rings (SSSR count). The van der Waals surface area contributed by atoms with Gasteiger partial charge in [0.1, 0.15) is 0 Å². The fraction of sp³-hybridized carbons (Fsp3) is 0.714. The Labute approximate surface area is 98.7 Å². The summed E-state index contributed by atoms with van der Waals surface area (Å²) < 4.78 is 0. The summed E-state index contributed by atoms with van der Waals surface area (Å²) in [5.41, 5.74) is 0.173. The van der Waals surface area contributed by atoms with Crippen LogP contribution in [-0.2, 0) is 0 Å². The Morgan fingerprint density at radius 2 is 2.00 bits per heavy atom. The Morgan fingerprint density at radius 1 is 1.44 bits per heavy atom. The highest BCUT2D eigenvalue weighted by atomic mass is 16.3. The number of aliphatic hydroxyl groups is 2. The molecule has 0 bridgehead atoms. The Bertz CT molecular complexity index is 300. The molecule has 2 N–H and O–H groups in total. The molecular weight excluding hydrogens is 200 g/mol. The third-order valence-electron chi connectivity index (χ3n) is 3.86. The van der Waals surface area contributed by atoms with Crippen molar-refractivity contribution in [3.8, 4) is 0 Å². The van der Waals surface area contributed by atoms with Crippen LogP contribution in [0, 0.1) is 17.3 Å². The van der Waals surface area contributed by atoms with Crippen molar-refractivity contribution in [1.82, 2.24) is 0 Å².